The summed E-state index contributed by atoms with van der Waals surface area (Å²) in [7, 11) is 0.972. The summed E-state index contributed by atoms with van der Waals surface area (Å²) in [6.45, 7) is 0. The Hall–Kier alpha value is -5.01. The van der Waals surface area contributed by atoms with E-state index >= 15 is 0 Å². The molecule has 1 amide bonds. The van der Waals surface area contributed by atoms with E-state index in [0.29, 0.717) is 17.1 Å². The third kappa shape index (κ3) is 4.90. The molecule has 0 spiro atoms. The molecular formula is C20H15N5O9. The van der Waals surface area contributed by atoms with Crippen LogP contribution < -0.4 is 10.9 Å². The minimum Gasteiger partial charge on any atom is -0.468 e. The Bertz CT molecular complexity index is 1400. The molecule has 1 atom stereocenters. The van der Waals surface area contributed by atoms with Crippen LogP contribution in [0.4, 0.5) is 17.1 Å². The van der Waals surface area contributed by atoms with Crippen LogP contribution in [0, 0.1) is 26.1 Å². The molecule has 0 radical (unpaired) electrons. The Kier molecular flexibility index (Phi) is 6.71. The first-order valence-electron chi connectivity index (χ1n) is 9.46. The molecule has 0 bridgehead atoms. The number of fused-ring (bicyclic) bond motifs is 1. The Balaban J connectivity index is 1.90. The van der Waals surface area contributed by atoms with Crippen LogP contribution in [0.15, 0.2) is 47.3 Å². The zero-order chi connectivity index (χ0) is 25.0. The number of hydrogen-bond donors (Lipinski definition) is 2. The number of amides is 1. The van der Waals surface area contributed by atoms with Crippen LogP contribution in [0.2, 0.25) is 0 Å². The topological polar surface area (TPSA) is 204 Å². The monoisotopic (exact) mass is 469 g/mol. The lowest BCUT2D eigenvalue weighted by Gasteiger charge is -2.13. The molecule has 0 saturated heterocycles. The number of Topliss-reactive ketones (excluding diaryl/α,β-unsaturated/α-hetero) is 1. The number of hydrogen-bond acceptors (Lipinski definition) is 10. The molecule has 0 aliphatic rings. The molecule has 3 aromatic rings. The molecule has 0 unspecified atom stereocenters. The van der Waals surface area contributed by atoms with Crippen molar-refractivity contribution in [1.82, 2.24) is 9.97 Å². The van der Waals surface area contributed by atoms with E-state index in [4.69, 9.17) is 0 Å². The Labute approximate surface area is 188 Å². The van der Waals surface area contributed by atoms with Crippen molar-refractivity contribution < 1.29 is 29.0 Å². The number of aromatic amines is 1. The smallest absolute Gasteiger partial charge is 0.317 e. The highest BCUT2D eigenvalue weighted by Gasteiger charge is 2.35. The third-order valence-corrected chi connectivity index (χ3v) is 4.73. The first-order valence-corrected chi connectivity index (χ1v) is 9.46. The van der Waals surface area contributed by atoms with E-state index in [2.05, 4.69) is 14.7 Å². The van der Waals surface area contributed by atoms with Gasteiger partial charge in [0.05, 0.1) is 34.1 Å². The Morgan fingerprint density at radius 1 is 1.12 bits per heavy atom. The van der Waals surface area contributed by atoms with E-state index in [9.17, 15) is 39.4 Å². The fraction of sp³-hybridized carbons (Fsp3) is 0.150. The van der Waals surface area contributed by atoms with E-state index in [1.807, 2.05) is 5.32 Å². The number of nitro benzene ring substituents is 2. The molecule has 1 aromatic heterocycles. The number of methoxy groups -OCH3 is 1. The van der Waals surface area contributed by atoms with E-state index in [1.54, 1.807) is 24.3 Å². The van der Waals surface area contributed by atoms with Gasteiger partial charge in [-0.2, -0.15) is 0 Å². The molecule has 3 rings (SSSR count). The summed E-state index contributed by atoms with van der Waals surface area (Å²) < 4.78 is 4.57. The number of ether oxygens (including phenoxy) is 1. The van der Waals surface area contributed by atoms with Crippen LogP contribution in [-0.2, 0) is 25.5 Å². The number of esters is 1. The maximum Gasteiger partial charge on any atom is 0.317 e. The van der Waals surface area contributed by atoms with Crippen molar-refractivity contribution in [1.29, 1.82) is 0 Å². The number of aromatic nitrogens is 2. The number of ketones is 1. The number of H-pyrrole nitrogens is 1. The first kappa shape index (κ1) is 23.6. The first-order chi connectivity index (χ1) is 16.1. The molecule has 174 valence electrons. The normalized spacial score (nSPS) is 11.4. The Morgan fingerprint density at radius 2 is 1.82 bits per heavy atom. The van der Waals surface area contributed by atoms with Crippen molar-refractivity contribution in [2.45, 2.75) is 6.42 Å². The average Bonchev–Trinajstić information content (AvgIpc) is 2.81. The number of nitrogens with zero attached hydrogens (tertiary/aromatic N) is 3. The minimum absolute atomic E-state index is 0.212. The SMILES string of the molecule is COC(=O)[C@@H](Cc1nc2ccccc2[nH]c1=O)C(=O)C(=O)Nc1ccc([N+](=O)[O-])cc1[N+](=O)[O-]. The molecule has 0 aliphatic carbocycles. The highest BCUT2D eigenvalue weighted by molar-refractivity contribution is 6.44. The van der Waals surface area contributed by atoms with Gasteiger partial charge in [-0.25, -0.2) is 4.98 Å². The zero-order valence-corrected chi connectivity index (χ0v) is 17.3. The zero-order valence-electron chi connectivity index (χ0n) is 17.3. The highest BCUT2D eigenvalue weighted by Crippen LogP contribution is 2.29. The lowest BCUT2D eigenvalue weighted by Crippen LogP contribution is -2.37. The summed E-state index contributed by atoms with van der Waals surface area (Å²) in [6, 6.07) is 8.89. The maximum atomic E-state index is 12.8. The van der Waals surface area contributed by atoms with Crippen molar-refractivity contribution in [3.63, 3.8) is 0 Å². The number of nitrogens with one attached hydrogen (secondary N) is 2. The van der Waals surface area contributed by atoms with Gasteiger partial charge >= 0.3 is 5.97 Å². The van der Waals surface area contributed by atoms with Gasteiger partial charge in [0.1, 0.15) is 17.3 Å². The van der Waals surface area contributed by atoms with E-state index in [1.165, 1.54) is 0 Å². The summed E-state index contributed by atoms with van der Waals surface area (Å²) in [5.74, 6) is -5.69. The largest absolute Gasteiger partial charge is 0.468 e. The van der Waals surface area contributed by atoms with Crippen molar-refractivity contribution in [2.24, 2.45) is 5.92 Å². The fourth-order valence-corrected chi connectivity index (χ4v) is 3.06. The van der Waals surface area contributed by atoms with Crippen LogP contribution in [0.1, 0.15) is 5.69 Å². The van der Waals surface area contributed by atoms with Crippen molar-refractivity contribution in [3.8, 4) is 0 Å². The van der Waals surface area contributed by atoms with Crippen LogP contribution in [0.5, 0.6) is 0 Å². The summed E-state index contributed by atoms with van der Waals surface area (Å²) in [4.78, 5) is 76.8. The number of nitro groups is 2. The average molecular weight is 469 g/mol. The van der Waals surface area contributed by atoms with Crippen molar-refractivity contribution in [3.05, 3.63) is 78.7 Å². The molecule has 14 heteroatoms. The van der Waals surface area contributed by atoms with E-state index < -0.39 is 62.5 Å². The molecule has 2 N–H and O–H groups in total. The summed E-state index contributed by atoms with van der Waals surface area (Å²) in [5.41, 5.74) is -2.05. The summed E-state index contributed by atoms with van der Waals surface area (Å²) >= 11 is 0. The van der Waals surface area contributed by atoms with Gasteiger partial charge in [-0.3, -0.25) is 39.4 Å². The van der Waals surface area contributed by atoms with Gasteiger partial charge in [0.25, 0.3) is 22.8 Å². The molecular weight excluding hydrogens is 454 g/mol. The number of rotatable bonds is 8. The maximum absolute atomic E-state index is 12.8. The molecule has 0 saturated carbocycles. The van der Waals surface area contributed by atoms with Crippen molar-refractivity contribution in [2.75, 3.05) is 12.4 Å². The second-order valence-electron chi connectivity index (χ2n) is 6.84. The van der Waals surface area contributed by atoms with Crippen LogP contribution >= 0.6 is 0 Å². The number of carbonyl (C=O) groups excluding carboxylic acids is 3. The van der Waals surface area contributed by atoms with Gasteiger partial charge in [0, 0.05) is 12.5 Å². The summed E-state index contributed by atoms with van der Waals surface area (Å²) in [6.07, 6.45) is -0.582. The number of benzene rings is 2. The predicted molar refractivity (Wildman–Crippen MR) is 115 cm³/mol. The number of para-hydroxylation sites is 2. The van der Waals surface area contributed by atoms with E-state index in [0.717, 1.165) is 19.2 Å². The van der Waals surface area contributed by atoms with Gasteiger partial charge < -0.3 is 15.0 Å². The van der Waals surface area contributed by atoms with Gasteiger partial charge in [-0.15, -0.1) is 0 Å². The van der Waals surface area contributed by atoms with Crippen LogP contribution in [-0.4, -0.2) is 44.6 Å². The second kappa shape index (κ2) is 9.64. The van der Waals surface area contributed by atoms with E-state index in [-0.39, 0.29) is 5.69 Å². The standard InChI is InChI=1S/C20H15N5O9/c1-34-20(29)11(9-15-18(27)22-13-5-3-2-4-12(13)21-15)17(26)19(28)23-14-7-6-10(24(30)31)8-16(14)25(32)33/h2-8,11H,9H2,1H3,(H,22,27)(H,23,28)/t11-/m0/s1. The van der Waals surface area contributed by atoms with Crippen LogP contribution in [0.25, 0.3) is 11.0 Å². The third-order valence-electron chi connectivity index (χ3n) is 4.73. The molecule has 1 heterocycles. The minimum atomic E-state index is -1.78. The lowest BCUT2D eigenvalue weighted by atomic mass is 9.97. The van der Waals surface area contributed by atoms with Crippen molar-refractivity contribution >= 4 is 45.8 Å². The summed E-state index contributed by atoms with van der Waals surface area (Å²) in [5, 5.41) is 24.1. The molecule has 14 nitrogen and oxygen atoms in total. The van der Waals surface area contributed by atoms with Gasteiger partial charge in [0.2, 0.25) is 5.78 Å². The molecule has 2 aromatic carbocycles. The Morgan fingerprint density at radius 3 is 2.47 bits per heavy atom. The quantitative estimate of drug-likeness (QED) is 0.159. The fourth-order valence-electron chi connectivity index (χ4n) is 3.06. The predicted octanol–water partition coefficient (Wildman–Crippen LogP) is 1.28. The second-order valence-corrected chi connectivity index (χ2v) is 6.84. The van der Waals surface area contributed by atoms with Gasteiger partial charge in [-0.1, -0.05) is 12.1 Å². The molecule has 0 fully saturated rings. The number of carbonyl (C=O) groups is 3. The molecule has 0 aliphatic heterocycles. The van der Waals surface area contributed by atoms with Crippen LogP contribution in [0.3, 0.4) is 0 Å². The molecule has 34 heavy (non-hydrogen) atoms. The lowest BCUT2D eigenvalue weighted by molar-refractivity contribution is -0.393. The highest BCUT2D eigenvalue weighted by atomic mass is 16.6. The number of anilines is 1. The van der Waals surface area contributed by atoms with Gasteiger partial charge in [0.15, 0.2) is 0 Å². The van der Waals surface area contributed by atoms with Gasteiger partial charge in [-0.05, 0) is 18.2 Å². The number of non-ortho nitro benzene ring substituents is 1.